The summed E-state index contributed by atoms with van der Waals surface area (Å²) in [5.74, 6) is 1.22. The molecule has 2 aromatic carbocycles. The summed E-state index contributed by atoms with van der Waals surface area (Å²) in [5.41, 5.74) is 1.37. The third kappa shape index (κ3) is 2.62. The van der Waals surface area contributed by atoms with Crippen molar-refractivity contribution in [1.29, 1.82) is 0 Å². The van der Waals surface area contributed by atoms with E-state index in [-0.39, 0.29) is 18.0 Å². The van der Waals surface area contributed by atoms with Gasteiger partial charge in [0.25, 0.3) is 0 Å². The average molecular weight is 271 g/mol. The van der Waals surface area contributed by atoms with Crippen LogP contribution in [0, 0.1) is 11.9 Å². The van der Waals surface area contributed by atoms with Crippen LogP contribution in [0.4, 0.5) is 4.39 Å². The lowest BCUT2D eigenvalue weighted by atomic mass is 10.0. The summed E-state index contributed by atoms with van der Waals surface area (Å²) in [5, 5.41) is 0. The van der Waals surface area contributed by atoms with Crippen LogP contribution < -0.4 is 9.47 Å². The zero-order chi connectivity index (χ0) is 14.2. The fourth-order valence-electron chi connectivity index (χ4n) is 2.48. The van der Waals surface area contributed by atoms with Crippen LogP contribution >= 0.6 is 0 Å². The molecular formula is C17H16FO2. The largest absolute Gasteiger partial charge is 0.489 e. The van der Waals surface area contributed by atoms with E-state index in [0.717, 1.165) is 16.9 Å². The van der Waals surface area contributed by atoms with E-state index in [1.54, 1.807) is 18.2 Å². The van der Waals surface area contributed by atoms with Gasteiger partial charge < -0.3 is 9.47 Å². The lowest BCUT2D eigenvalue weighted by Crippen LogP contribution is -2.24. The van der Waals surface area contributed by atoms with Gasteiger partial charge in [0.1, 0.15) is 29.5 Å². The van der Waals surface area contributed by atoms with E-state index in [2.05, 4.69) is 6.07 Å². The van der Waals surface area contributed by atoms with Gasteiger partial charge in [0, 0.05) is 17.5 Å². The second-order valence-corrected chi connectivity index (χ2v) is 5.62. The third-order valence-corrected chi connectivity index (χ3v) is 3.27. The van der Waals surface area contributed by atoms with Gasteiger partial charge in [-0.2, -0.15) is 0 Å². The van der Waals surface area contributed by atoms with Crippen molar-refractivity contribution in [2.45, 2.75) is 32.5 Å². The highest BCUT2D eigenvalue weighted by atomic mass is 19.1. The number of fused-ring (bicyclic) bond motifs is 1. The normalized spacial score (nSPS) is 15.6. The van der Waals surface area contributed by atoms with Crippen molar-refractivity contribution >= 4 is 0 Å². The van der Waals surface area contributed by atoms with Gasteiger partial charge in [0.05, 0.1) is 0 Å². The topological polar surface area (TPSA) is 18.5 Å². The van der Waals surface area contributed by atoms with Crippen molar-refractivity contribution in [2.75, 3.05) is 0 Å². The summed E-state index contributed by atoms with van der Waals surface area (Å²) in [4.78, 5) is 0. The molecule has 0 aliphatic carbocycles. The van der Waals surface area contributed by atoms with Gasteiger partial charge in [-0.15, -0.1) is 0 Å². The summed E-state index contributed by atoms with van der Waals surface area (Å²) in [6.45, 7) is 4.29. The second-order valence-electron chi connectivity index (χ2n) is 5.62. The first-order chi connectivity index (χ1) is 9.53. The molecule has 3 heteroatoms. The quantitative estimate of drug-likeness (QED) is 0.842. The van der Waals surface area contributed by atoms with Crippen LogP contribution in [0.5, 0.6) is 11.5 Å². The summed E-state index contributed by atoms with van der Waals surface area (Å²) in [6.07, 6.45) is 0.714. The summed E-state index contributed by atoms with van der Waals surface area (Å²) >= 11 is 0. The lowest BCUT2D eigenvalue weighted by molar-refractivity contribution is 0.135. The molecule has 0 saturated heterocycles. The van der Waals surface area contributed by atoms with Crippen LogP contribution in [0.2, 0.25) is 0 Å². The Morgan fingerprint density at radius 2 is 2.25 bits per heavy atom. The number of hydrogen-bond donors (Lipinski definition) is 0. The van der Waals surface area contributed by atoms with Crippen LogP contribution in [0.25, 0.3) is 0 Å². The van der Waals surface area contributed by atoms with E-state index < -0.39 is 0 Å². The maximum absolute atomic E-state index is 13.7. The highest BCUT2D eigenvalue weighted by Gasteiger charge is 2.32. The zero-order valence-corrected chi connectivity index (χ0v) is 11.6. The predicted octanol–water partition coefficient (Wildman–Crippen LogP) is 3.92. The van der Waals surface area contributed by atoms with Crippen molar-refractivity contribution < 1.29 is 13.9 Å². The maximum Gasteiger partial charge on any atom is 0.130 e. The monoisotopic (exact) mass is 271 g/mol. The Balaban J connectivity index is 1.84. The van der Waals surface area contributed by atoms with Gasteiger partial charge in [0.15, 0.2) is 0 Å². The molecule has 0 bridgehead atoms. The Bertz CT molecular complexity index is 620. The highest BCUT2D eigenvalue weighted by molar-refractivity contribution is 5.46. The van der Waals surface area contributed by atoms with E-state index in [4.69, 9.17) is 9.47 Å². The van der Waals surface area contributed by atoms with Crippen LogP contribution in [0.1, 0.15) is 25.0 Å². The summed E-state index contributed by atoms with van der Waals surface area (Å²) in [7, 11) is 0. The Hall–Kier alpha value is -2.03. The van der Waals surface area contributed by atoms with Crippen molar-refractivity contribution in [3.63, 3.8) is 0 Å². The second kappa shape index (κ2) is 4.82. The molecule has 0 N–H and O–H groups in total. The molecule has 2 nitrogen and oxygen atoms in total. The lowest BCUT2D eigenvalue weighted by Gasteiger charge is -2.18. The van der Waals surface area contributed by atoms with Gasteiger partial charge in [-0.05, 0) is 44.2 Å². The third-order valence-electron chi connectivity index (χ3n) is 3.27. The molecule has 20 heavy (non-hydrogen) atoms. The standard InChI is InChI=1S/C17H16FO2/c1-17(2)10-12-8-14(18)9-13(16(12)20-17)11-19-15-6-4-3-5-7-15/h3-4,6-9H,10-11H2,1-2H3. The van der Waals surface area contributed by atoms with Gasteiger partial charge in [-0.1, -0.05) is 12.1 Å². The van der Waals surface area contributed by atoms with Gasteiger partial charge in [0.2, 0.25) is 0 Å². The van der Waals surface area contributed by atoms with Crippen molar-refractivity contribution in [1.82, 2.24) is 0 Å². The number of ether oxygens (including phenoxy) is 2. The Labute approximate surface area is 118 Å². The van der Waals surface area contributed by atoms with Crippen LogP contribution in [-0.2, 0) is 13.0 Å². The molecule has 0 fully saturated rings. The molecule has 1 radical (unpaired) electrons. The molecule has 0 unspecified atom stereocenters. The fraction of sp³-hybridized carbons (Fsp3) is 0.294. The fourth-order valence-corrected chi connectivity index (χ4v) is 2.48. The molecule has 0 amide bonds. The molecule has 0 atom stereocenters. The molecule has 1 aliphatic heterocycles. The molecule has 0 saturated carbocycles. The summed E-state index contributed by atoms with van der Waals surface area (Å²) < 4.78 is 25.3. The van der Waals surface area contributed by atoms with Crippen molar-refractivity contribution in [3.8, 4) is 11.5 Å². The Kier molecular flexibility index (Phi) is 3.13. The summed E-state index contributed by atoms with van der Waals surface area (Å²) in [6, 6.07) is 13.2. The molecular weight excluding hydrogens is 255 g/mol. The van der Waals surface area contributed by atoms with Crippen LogP contribution in [-0.4, -0.2) is 5.60 Å². The molecule has 0 spiro atoms. The van der Waals surface area contributed by atoms with Gasteiger partial charge in [-0.25, -0.2) is 4.39 Å². The maximum atomic E-state index is 13.7. The van der Waals surface area contributed by atoms with E-state index in [0.29, 0.717) is 12.2 Å². The minimum absolute atomic E-state index is 0.247. The first-order valence-electron chi connectivity index (χ1n) is 6.63. The van der Waals surface area contributed by atoms with Crippen molar-refractivity contribution in [2.24, 2.45) is 0 Å². The molecule has 1 heterocycles. The first-order valence-corrected chi connectivity index (χ1v) is 6.63. The molecule has 1 aliphatic rings. The SMILES string of the molecule is CC1(C)Cc2cc(F)cc(COc3c[c]ccc3)c2O1. The highest BCUT2D eigenvalue weighted by Crippen LogP contribution is 2.38. The Morgan fingerprint density at radius 3 is 3.00 bits per heavy atom. The smallest absolute Gasteiger partial charge is 0.130 e. The molecule has 103 valence electrons. The first kappa shape index (κ1) is 13.0. The number of halogens is 1. The van der Waals surface area contributed by atoms with Gasteiger partial charge in [-0.3, -0.25) is 0 Å². The number of hydrogen-bond acceptors (Lipinski definition) is 2. The number of benzene rings is 2. The van der Waals surface area contributed by atoms with Crippen LogP contribution in [0.3, 0.4) is 0 Å². The zero-order valence-electron chi connectivity index (χ0n) is 11.6. The minimum Gasteiger partial charge on any atom is -0.489 e. The Morgan fingerprint density at radius 1 is 1.40 bits per heavy atom. The van der Waals surface area contributed by atoms with E-state index in [1.807, 2.05) is 26.0 Å². The van der Waals surface area contributed by atoms with Crippen LogP contribution in [0.15, 0.2) is 36.4 Å². The van der Waals surface area contributed by atoms with Crippen molar-refractivity contribution in [3.05, 3.63) is 59.4 Å². The molecule has 2 aromatic rings. The van der Waals surface area contributed by atoms with Gasteiger partial charge >= 0.3 is 0 Å². The predicted molar refractivity (Wildman–Crippen MR) is 74.4 cm³/mol. The van der Waals surface area contributed by atoms with E-state index >= 15 is 0 Å². The number of rotatable bonds is 3. The average Bonchev–Trinajstić information content (AvgIpc) is 2.71. The van der Waals surface area contributed by atoms with E-state index in [9.17, 15) is 4.39 Å². The molecule has 3 rings (SSSR count). The van der Waals surface area contributed by atoms with E-state index in [1.165, 1.54) is 6.07 Å². The molecule has 0 aromatic heterocycles. The minimum atomic E-state index is -0.286.